The van der Waals surface area contributed by atoms with Crippen LogP contribution in [0.15, 0.2) is 36.4 Å². The molecule has 0 radical (unpaired) electrons. The van der Waals surface area contributed by atoms with Crippen molar-refractivity contribution >= 4 is 17.5 Å². The lowest BCUT2D eigenvalue weighted by molar-refractivity contribution is -0.394. The molecule has 0 heterocycles. The van der Waals surface area contributed by atoms with Gasteiger partial charge >= 0.3 is 6.09 Å². The number of benzene rings is 2. The van der Waals surface area contributed by atoms with Gasteiger partial charge in [0.15, 0.2) is 11.5 Å². The van der Waals surface area contributed by atoms with E-state index in [1.54, 1.807) is 13.2 Å². The quantitative estimate of drug-likeness (QED) is 0.182. The van der Waals surface area contributed by atoms with E-state index in [0.29, 0.717) is 23.3 Å². The van der Waals surface area contributed by atoms with E-state index in [0.717, 1.165) is 56.6 Å². The zero-order valence-corrected chi connectivity index (χ0v) is 26.0. The molecule has 0 aromatic heterocycles. The Balaban J connectivity index is 1.55. The van der Waals surface area contributed by atoms with E-state index < -0.39 is 22.0 Å². The molecule has 3 unspecified atom stereocenters. The number of methoxy groups -OCH3 is 1. The fraction of sp³-hybridized carbons (Fsp3) is 0.594. The first kappa shape index (κ1) is 33.0. The summed E-state index contributed by atoms with van der Waals surface area (Å²) in [5.41, 5.74) is 0.336. The van der Waals surface area contributed by atoms with Crippen LogP contribution in [0.25, 0.3) is 0 Å². The van der Waals surface area contributed by atoms with Crippen LogP contribution >= 0.6 is 0 Å². The van der Waals surface area contributed by atoms with Crippen LogP contribution in [0.1, 0.15) is 82.9 Å². The molecular formula is C32H44N4O8. The number of nitro benzene ring substituents is 2. The minimum atomic E-state index is -0.665. The number of amides is 1. The fourth-order valence-corrected chi connectivity index (χ4v) is 6.34. The fourth-order valence-electron chi connectivity index (χ4n) is 6.34. The first-order valence-corrected chi connectivity index (χ1v) is 15.5. The van der Waals surface area contributed by atoms with Gasteiger partial charge in [0, 0.05) is 24.7 Å². The lowest BCUT2D eigenvalue weighted by Gasteiger charge is -2.37. The van der Waals surface area contributed by atoms with Crippen molar-refractivity contribution in [1.82, 2.24) is 10.6 Å². The number of ether oxygens (including phenoxy) is 3. The second-order valence-corrected chi connectivity index (χ2v) is 12.4. The summed E-state index contributed by atoms with van der Waals surface area (Å²) in [5, 5.41) is 29.0. The lowest BCUT2D eigenvalue weighted by atomic mass is 9.75. The summed E-state index contributed by atoms with van der Waals surface area (Å²) >= 11 is 0. The smallest absolute Gasteiger partial charge is 0.407 e. The van der Waals surface area contributed by atoms with Crippen molar-refractivity contribution in [2.45, 2.75) is 90.5 Å². The van der Waals surface area contributed by atoms with Gasteiger partial charge in [-0.3, -0.25) is 20.2 Å². The van der Waals surface area contributed by atoms with Crippen LogP contribution in [-0.4, -0.2) is 41.8 Å². The SMILES string of the molecule is COc1ccc([C@H](CNCc2ccc([N+](=O)[O-])cc2[N+](=O)[O-])NC(=O)OC2CC(C)CCC2C(C)C)cc1OC1CCCC1. The topological polar surface area (TPSA) is 155 Å². The Kier molecular flexibility index (Phi) is 11.4. The van der Waals surface area contributed by atoms with Crippen LogP contribution in [0.2, 0.25) is 0 Å². The van der Waals surface area contributed by atoms with Gasteiger partial charge in [-0.1, -0.05) is 33.3 Å². The minimum absolute atomic E-state index is 0.0543. The van der Waals surface area contributed by atoms with E-state index in [1.807, 2.05) is 12.1 Å². The number of nitrogens with zero attached hydrogens (tertiary/aromatic N) is 2. The number of alkyl carbamates (subject to hydrolysis) is 1. The summed E-state index contributed by atoms with van der Waals surface area (Å²) in [4.78, 5) is 34.9. The van der Waals surface area contributed by atoms with Crippen LogP contribution in [0, 0.1) is 38.0 Å². The molecular weight excluding hydrogens is 568 g/mol. The molecule has 2 aromatic rings. The molecule has 2 aliphatic carbocycles. The third-order valence-electron chi connectivity index (χ3n) is 8.84. The molecule has 12 nitrogen and oxygen atoms in total. The van der Waals surface area contributed by atoms with Crippen molar-refractivity contribution in [3.63, 3.8) is 0 Å². The van der Waals surface area contributed by atoms with Gasteiger partial charge in [-0.15, -0.1) is 0 Å². The Morgan fingerprint density at radius 3 is 2.41 bits per heavy atom. The molecule has 0 aliphatic heterocycles. The van der Waals surface area contributed by atoms with E-state index in [1.165, 1.54) is 12.1 Å². The van der Waals surface area contributed by atoms with Crippen molar-refractivity contribution in [2.24, 2.45) is 17.8 Å². The Labute approximate surface area is 258 Å². The molecule has 4 atom stereocenters. The van der Waals surface area contributed by atoms with Crippen molar-refractivity contribution < 1.29 is 28.9 Å². The highest BCUT2D eigenvalue weighted by atomic mass is 16.6. The van der Waals surface area contributed by atoms with Crippen LogP contribution in [-0.2, 0) is 11.3 Å². The number of hydrogen-bond acceptors (Lipinski definition) is 9. The maximum Gasteiger partial charge on any atom is 0.407 e. The average Bonchev–Trinajstić information content (AvgIpc) is 3.49. The Morgan fingerprint density at radius 2 is 1.75 bits per heavy atom. The van der Waals surface area contributed by atoms with E-state index in [-0.39, 0.29) is 48.2 Å². The van der Waals surface area contributed by atoms with E-state index in [2.05, 4.69) is 31.4 Å². The summed E-state index contributed by atoms with van der Waals surface area (Å²) in [5.74, 6) is 2.31. The van der Waals surface area contributed by atoms with Gasteiger partial charge in [0.1, 0.15) is 6.10 Å². The van der Waals surface area contributed by atoms with Crippen LogP contribution in [0.4, 0.5) is 16.2 Å². The summed E-state index contributed by atoms with van der Waals surface area (Å²) in [7, 11) is 1.58. The summed E-state index contributed by atoms with van der Waals surface area (Å²) in [6.45, 7) is 6.74. The summed E-state index contributed by atoms with van der Waals surface area (Å²) in [6, 6.07) is 8.50. The predicted octanol–water partition coefficient (Wildman–Crippen LogP) is 6.85. The molecule has 2 aliphatic rings. The molecule has 2 N–H and O–H groups in total. The van der Waals surface area contributed by atoms with Crippen molar-refractivity contribution in [3.05, 3.63) is 67.8 Å². The molecule has 44 heavy (non-hydrogen) atoms. The van der Waals surface area contributed by atoms with E-state index in [9.17, 15) is 25.0 Å². The third kappa shape index (κ3) is 8.58. The number of rotatable bonds is 13. The largest absolute Gasteiger partial charge is 0.493 e. The number of hydrogen-bond donors (Lipinski definition) is 2. The Hall–Kier alpha value is -3.93. The van der Waals surface area contributed by atoms with Gasteiger partial charge in [-0.05, 0) is 80.0 Å². The number of nitrogens with one attached hydrogen (secondary N) is 2. The lowest BCUT2D eigenvalue weighted by Crippen LogP contribution is -2.41. The second-order valence-electron chi connectivity index (χ2n) is 12.4. The molecule has 1 amide bonds. The highest BCUT2D eigenvalue weighted by Crippen LogP contribution is 2.36. The zero-order valence-electron chi connectivity index (χ0n) is 26.0. The van der Waals surface area contributed by atoms with Gasteiger partial charge in [0.2, 0.25) is 0 Å². The van der Waals surface area contributed by atoms with E-state index in [4.69, 9.17) is 14.2 Å². The molecule has 2 saturated carbocycles. The zero-order chi connectivity index (χ0) is 31.8. The highest BCUT2D eigenvalue weighted by molar-refractivity contribution is 5.68. The highest BCUT2D eigenvalue weighted by Gasteiger charge is 2.34. The normalized spacial score (nSPS) is 21.1. The van der Waals surface area contributed by atoms with Crippen molar-refractivity contribution in [1.29, 1.82) is 0 Å². The number of non-ortho nitro benzene ring substituents is 1. The molecule has 240 valence electrons. The third-order valence-corrected chi connectivity index (χ3v) is 8.84. The molecule has 0 bridgehead atoms. The first-order valence-electron chi connectivity index (χ1n) is 15.5. The molecule has 0 spiro atoms. The Morgan fingerprint density at radius 1 is 1.00 bits per heavy atom. The van der Waals surface area contributed by atoms with Gasteiger partial charge < -0.3 is 24.8 Å². The summed E-state index contributed by atoms with van der Waals surface area (Å²) in [6.07, 6.45) is 6.46. The maximum absolute atomic E-state index is 13.4. The first-order chi connectivity index (χ1) is 21.0. The van der Waals surface area contributed by atoms with Gasteiger partial charge in [0.25, 0.3) is 11.4 Å². The molecule has 2 aromatic carbocycles. The number of nitro groups is 2. The van der Waals surface area contributed by atoms with Gasteiger partial charge in [0.05, 0.1) is 35.2 Å². The standard InChI is InChI=1S/C32H44N4O8/c1-20(2)26-13-9-21(3)15-30(26)44-32(37)34-27(19-33-18-23-10-12-24(35(38)39)17-28(23)36(40)41)22-11-14-29(42-4)31(16-22)43-25-7-5-6-8-25/h10-12,14,16-17,20-21,25-27,30,33H,5-9,13,15,18-19H2,1-4H3,(H,34,37)/t21?,26?,27-,30?/m0/s1. The minimum Gasteiger partial charge on any atom is -0.493 e. The predicted molar refractivity (Wildman–Crippen MR) is 165 cm³/mol. The number of carbonyl (C=O) groups excluding carboxylic acids is 1. The maximum atomic E-state index is 13.4. The Bertz CT molecular complexity index is 1310. The van der Waals surface area contributed by atoms with Crippen molar-refractivity contribution in [3.8, 4) is 11.5 Å². The average molecular weight is 613 g/mol. The summed E-state index contributed by atoms with van der Waals surface area (Å²) < 4.78 is 17.9. The van der Waals surface area contributed by atoms with Gasteiger partial charge in [-0.25, -0.2) is 4.79 Å². The molecule has 12 heteroatoms. The number of carbonyl (C=O) groups is 1. The molecule has 0 saturated heterocycles. The molecule has 4 rings (SSSR count). The van der Waals surface area contributed by atoms with Gasteiger partial charge in [-0.2, -0.15) is 0 Å². The monoisotopic (exact) mass is 612 g/mol. The van der Waals surface area contributed by atoms with Crippen molar-refractivity contribution in [2.75, 3.05) is 13.7 Å². The van der Waals surface area contributed by atoms with Crippen LogP contribution in [0.5, 0.6) is 11.5 Å². The van der Waals surface area contributed by atoms with Crippen LogP contribution < -0.4 is 20.1 Å². The molecule has 2 fully saturated rings. The van der Waals surface area contributed by atoms with Crippen LogP contribution in [0.3, 0.4) is 0 Å². The van der Waals surface area contributed by atoms with E-state index >= 15 is 0 Å². The second kappa shape index (κ2) is 15.2.